The number of carbonyl (C=O) groups is 1. The van der Waals surface area contributed by atoms with E-state index in [4.69, 9.17) is 47.4 Å². The molecular formula is C59H96O26. The number of aliphatic hydroxyl groups is 15. The molecule has 26 heteroatoms. The van der Waals surface area contributed by atoms with Crippen LogP contribution in [0.2, 0.25) is 0 Å². The summed E-state index contributed by atoms with van der Waals surface area (Å²) in [5.74, 6) is -0.330. The lowest BCUT2D eigenvalue weighted by atomic mass is 9.33. The highest BCUT2D eigenvalue weighted by molar-refractivity contribution is 5.79. The van der Waals surface area contributed by atoms with Crippen molar-refractivity contribution in [3.05, 3.63) is 11.6 Å². The van der Waals surface area contributed by atoms with E-state index in [0.717, 1.165) is 32.1 Å². The van der Waals surface area contributed by atoms with Gasteiger partial charge in [-0.2, -0.15) is 0 Å². The van der Waals surface area contributed by atoms with E-state index in [1.165, 1.54) is 12.5 Å². The van der Waals surface area contributed by atoms with E-state index in [0.29, 0.717) is 25.7 Å². The quantitative estimate of drug-likeness (QED) is 0.0507. The van der Waals surface area contributed by atoms with Gasteiger partial charge in [0.25, 0.3) is 0 Å². The second-order valence-corrected chi connectivity index (χ2v) is 28.1. The predicted molar refractivity (Wildman–Crippen MR) is 288 cm³/mol. The summed E-state index contributed by atoms with van der Waals surface area (Å²) in [6, 6.07) is 0. The lowest BCUT2D eigenvalue weighted by Crippen LogP contribution is -2.67. The first kappa shape index (κ1) is 66.2. The second-order valence-electron chi connectivity index (χ2n) is 28.1. The van der Waals surface area contributed by atoms with Crippen molar-refractivity contribution in [2.45, 2.75) is 267 Å². The third-order valence-electron chi connectivity index (χ3n) is 23.4. The third-order valence-corrected chi connectivity index (χ3v) is 23.4. The molecule has 0 aromatic rings. The molecule has 26 nitrogen and oxygen atoms in total. The van der Waals surface area contributed by atoms with Gasteiger partial charge in [-0.3, -0.25) is 4.79 Å². The number of fused-ring (bicyclic) bond motifs is 7. The molecule has 0 bridgehead atoms. The molecule has 9 fully saturated rings. The number of hydrogen-bond donors (Lipinski definition) is 15. The van der Waals surface area contributed by atoms with Gasteiger partial charge in [-0.1, -0.05) is 60.1 Å². The maximum Gasteiger partial charge on any atom is 0.315 e. The highest BCUT2D eigenvalue weighted by Gasteiger charge is 2.71. The molecule has 5 aliphatic heterocycles. The minimum atomic E-state index is -1.85. The van der Waals surface area contributed by atoms with Crippen molar-refractivity contribution < 1.29 is 129 Å². The van der Waals surface area contributed by atoms with Crippen molar-refractivity contribution in [1.82, 2.24) is 0 Å². The summed E-state index contributed by atoms with van der Waals surface area (Å²) < 4.78 is 60.6. The summed E-state index contributed by atoms with van der Waals surface area (Å²) >= 11 is 0. The van der Waals surface area contributed by atoms with Crippen LogP contribution >= 0.6 is 0 Å². The summed E-state index contributed by atoms with van der Waals surface area (Å²) in [4.78, 5) is 15.2. The van der Waals surface area contributed by atoms with Crippen molar-refractivity contribution in [3.63, 3.8) is 0 Å². The zero-order valence-electron chi connectivity index (χ0n) is 49.8. The maximum absolute atomic E-state index is 15.2. The average molecular weight is 1220 g/mol. The lowest BCUT2D eigenvalue weighted by molar-refractivity contribution is -0.388. The summed E-state index contributed by atoms with van der Waals surface area (Å²) in [6.45, 7) is 15.0. The Bertz CT molecular complexity index is 2350. The Morgan fingerprint density at radius 3 is 1.74 bits per heavy atom. The van der Waals surface area contributed by atoms with Crippen molar-refractivity contribution in [2.75, 3.05) is 26.4 Å². The fourth-order valence-corrected chi connectivity index (χ4v) is 17.8. The van der Waals surface area contributed by atoms with Crippen LogP contribution in [0.5, 0.6) is 0 Å². The number of ether oxygens (including phenoxy) is 10. The van der Waals surface area contributed by atoms with Crippen LogP contribution in [0.4, 0.5) is 0 Å². The van der Waals surface area contributed by atoms with Gasteiger partial charge in [-0.25, -0.2) is 0 Å². The van der Waals surface area contributed by atoms with Gasteiger partial charge in [-0.15, -0.1) is 0 Å². The highest BCUT2D eigenvalue weighted by Crippen LogP contribution is 2.76. The first-order valence-electron chi connectivity index (χ1n) is 30.7. The van der Waals surface area contributed by atoms with Crippen molar-refractivity contribution in [2.24, 2.45) is 56.7 Å². The smallest absolute Gasteiger partial charge is 0.315 e. The first-order chi connectivity index (χ1) is 39.9. The minimum Gasteiger partial charge on any atom is -0.432 e. The Labute approximate surface area is 494 Å². The first-order valence-corrected chi connectivity index (χ1v) is 30.7. The Balaban J connectivity index is 0.876. The Morgan fingerprint density at radius 2 is 1.11 bits per heavy atom. The number of hydrogen-bond acceptors (Lipinski definition) is 26. The molecule has 5 saturated heterocycles. The van der Waals surface area contributed by atoms with Crippen molar-refractivity contribution in [1.29, 1.82) is 0 Å². The zero-order chi connectivity index (χ0) is 61.9. The standard InChI is InChI=1S/C59H96O26/c1-23-11-16-59(54(75)85-52-46(74)42(70)38(66)30(81-52)22-77-49-43(71)40(68)36(64)28(19-60)79-49)18-17-57(7)26(34(59)24(23)2)9-10-32-56(6)14-13-33(55(4,5)31(56)12-15-58(32,57)8)82-53-48(84-50-44(72)39(67)35(63)25(3)78-50)47(27(62)21-76-53)83-51-45(73)41(69)37(65)29(20-61)80-51/h9,23-25,27-53,60-74H,10-22H2,1-8H3/t23-,24+,25-,27-,28-,29-,30+,31+,32+,33-,34+,35-,36-,37-,38+,39+,40+,41+,42-,43-,44-,45-,46+,47+,48-,49-,50+,51+,52-,53+,56+,57+,58-,59-/m0/s1. The molecule has 34 atom stereocenters. The largest absolute Gasteiger partial charge is 0.432 e. The van der Waals surface area contributed by atoms with E-state index < -0.39 is 190 Å². The normalized spacial score (nSPS) is 55.3. The number of allylic oxidation sites excluding steroid dienone is 2. The van der Waals surface area contributed by atoms with E-state index >= 15 is 4.79 Å². The molecule has 488 valence electrons. The Kier molecular flexibility index (Phi) is 19.2. The van der Waals surface area contributed by atoms with E-state index in [1.807, 2.05) is 0 Å². The van der Waals surface area contributed by atoms with E-state index in [-0.39, 0.29) is 52.4 Å². The molecule has 0 radical (unpaired) electrons. The number of aliphatic hydroxyl groups excluding tert-OH is 15. The van der Waals surface area contributed by atoms with Gasteiger partial charge in [0.2, 0.25) is 6.29 Å². The zero-order valence-corrected chi connectivity index (χ0v) is 49.8. The number of carbonyl (C=O) groups excluding carboxylic acids is 1. The molecule has 15 N–H and O–H groups in total. The van der Waals surface area contributed by atoms with E-state index in [2.05, 4.69) is 54.5 Å². The summed E-state index contributed by atoms with van der Waals surface area (Å²) in [6.07, 6.45) is -30.6. The van der Waals surface area contributed by atoms with Gasteiger partial charge in [0, 0.05) is 0 Å². The fraction of sp³-hybridized carbons (Fsp3) is 0.949. The van der Waals surface area contributed by atoms with Crippen LogP contribution < -0.4 is 0 Å². The average Bonchev–Trinajstić information content (AvgIpc) is 0.749. The van der Waals surface area contributed by atoms with E-state index in [1.54, 1.807) is 0 Å². The summed E-state index contributed by atoms with van der Waals surface area (Å²) in [5, 5.41) is 160. The van der Waals surface area contributed by atoms with Crippen LogP contribution in [0.1, 0.15) is 113 Å². The van der Waals surface area contributed by atoms with Gasteiger partial charge < -0.3 is 124 Å². The van der Waals surface area contributed by atoms with Crippen LogP contribution in [0.25, 0.3) is 0 Å². The molecule has 5 aliphatic carbocycles. The monoisotopic (exact) mass is 1220 g/mol. The topological polar surface area (TPSA) is 413 Å². The third kappa shape index (κ3) is 11.0. The molecule has 0 unspecified atom stereocenters. The summed E-state index contributed by atoms with van der Waals surface area (Å²) in [5.41, 5.74) is -1.25. The molecule has 0 aromatic carbocycles. The Hall–Kier alpha value is -1.75. The van der Waals surface area contributed by atoms with Crippen molar-refractivity contribution in [3.8, 4) is 0 Å². The summed E-state index contributed by atoms with van der Waals surface area (Å²) in [7, 11) is 0. The molecule has 4 saturated carbocycles. The highest BCUT2D eigenvalue weighted by atomic mass is 16.8. The van der Waals surface area contributed by atoms with Gasteiger partial charge in [0.1, 0.15) is 110 Å². The van der Waals surface area contributed by atoms with Crippen LogP contribution in [0.15, 0.2) is 11.6 Å². The van der Waals surface area contributed by atoms with Crippen LogP contribution in [-0.2, 0) is 52.2 Å². The second kappa shape index (κ2) is 24.7. The van der Waals surface area contributed by atoms with Crippen LogP contribution in [0, 0.1) is 56.7 Å². The SMILES string of the molecule is C[C@@H]1[C@@H](C)CC[C@]2(C(=O)O[C@@H]3O[C@H](CO[C@H]4O[C@@H](CO)[C@H](O)[C@@H](O)[C@@H]4O)[C@@H](O)[C@H](O)[C@H]3O)CC[C@]3(C)C(=CC[C@@H]4[C@]5(C)CC[C@H](O[C@H]6OC[C@H](O)[C@@H](O[C@H]7O[C@@H](CO)[C@H](O)[C@@H](O)[C@@H]7O)[C@@H]6O[C@H]6O[C@@H](C)[C@H](O)[C@@H](O)[C@@H]6O)C(C)(C)[C@H]5CC[C@@]43C)[C@@H]12. The molecule has 5 heterocycles. The van der Waals surface area contributed by atoms with Gasteiger partial charge >= 0.3 is 5.97 Å². The molecule has 10 rings (SSSR count). The van der Waals surface area contributed by atoms with Gasteiger partial charge in [0.15, 0.2) is 25.2 Å². The lowest BCUT2D eigenvalue weighted by Gasteiger charge is -2.71. The molecule has 10 aliphatic rings. The molecule has 0 amide bonds. The molecule has 0 aromatic heterocycles. The molecular weight excluding hydrogens is 1120 g/mol. The van der Waals surface area contributed by atoms with Crippen LogP contribution in [-0.4, -0.2) is 263 Å². The Morgan fingerprint density at radius 1 is 0.553 bits per heavy atom. The fourth-order valence-electron chi connectivity index (χ4n) is 17.8. The number of esters is 1. The molecule has 0 spiro atoms. The van der Waals surface area contributed by atoms with Gasteiger partial charge in [0.05, 0.1) is 44.1 Å². The van der Waals surface area contributed by atoms with Gasteiger partial charge in [-0.05, 0) is 116 Å². The van der Waals surface area contributed by atoms with E-state index in [9.17, 15) is 76.6 Å². The number of rotatable bonds is 13. The maximum atomic E-state index is 15.2. The minimum absolute atomic E-state index is 0.0289. The molecule has 85 heavy (non-hydrogen) atoms. The predicted octanol–water partition coefficient (Wildman–Crippen LogP) is -2.69. The van der Waals surface area contributed by atoms with Crippen LogP contribution in [0.3, 0.4) is 0 Å². The van der Waals surface area contributed by atoms with Crippen molar-refractivity contribution >= 4 is 5.97 Å².